The van der Waals surface area contributed by atoms with Crippen LogP contribution >= 0.6 is 0 Å². The molecule has 3 heterocycles. The van der Waals surface area contributed by atoms with Crippen molar-refractivity contribution in [2.75, 3.05) is 0 Å². The molecule has 0 aliphatic carbocycles. The Labute approximate surface area is 468 Å². The van der Waals surface area contributed by atoms with Crippen LogP contribution in [0.2, 0.25) is 0 Å². The third-order valence-electron chi connectivity index (χ3n) is 11.6. The zero-order valence-corrected chi connectivity index (χ0v) is 35.9. The van der Waals surface area contributed by atoms with Crippen LogP contribution in [0.25, 0.3) is 93.6 Å². The van der Waals surface area contributed by atoms with Gasteiger partial charge in [0.15, 0.2) is 8.07 Å². The van der Waals surface area contributed by atoms with E-state index in [0.717, 1.165) is 0 Å². The molecule has 14 aromatic rings. The van der Waals surface area contributed by atoms with Crippen LogP contribution in [0.4, 0.5) is 0 Å². The Balaban J connectivity index is 1.23. The molecule has 0 N–H and O–H groups in total. The standard InChI is InChI=1S/C66H45N3Si/c1-5-21-47(22-6-1)67-61-34-18-16-32-56(61)59-44-48(38-42-65(59)67)68-62-35-19-15-31-55(62)58-43-46(37-41-64(58)68)53-29-13-17-33-60(53)69-63-36-20-14-30-54(63)57-40-39-52(45-66(57)69)70(49-23-7-2-8-24-49,50-25-9-3-10-26-50)51-27-11-4-12-28-51/h1-45H/i1D,2D,3D,4D,5D,6D,7D,8D,9D,10D,11D,12D,13D,14D,15D,16D,17D,18D,19D,21D,22D,23D,24D,25D,26D,27D,28D,29D,30D,31D,32D,33D,34D,35D,36D,37D,38D,39D,40D,41D,42D,43D,44D,45D. The topological polar surface area (TPSA) is 14.8 Å². The van der Waals surface area contributed by atoms with Crippen molar-refractivity contribution in [2.45, 2.75) is 0 Å². The van der Waals surface area contributed by atoms with Crippen molar-refractivity contribution in [2.24, 2.45) is 0 Å². The normalized spacial score (nSPS) is 20.8. The van der Waals surface area contributed by atoms with E-state index >= 15 is 0 Å². The van der Waals surface area contributed by atoms with Gasteiger partial charge in [0.05, 0.1) is 99.1 Å². The van der Waals surface area contributed by atoms with Gasteiger partial charge in [0, 0.05) is 49.3 Å². The van der Waals surface area contributed by atoms with E-state index in [1.54, 1.807) is 0 Å². The highest BCUT2D eigenvalue weighted by Gasteiger charge is 2.41. The van der Waals surface area contributed by atoms with Crippen LogP contribution in [-0.4, -0.2) is 21.8 Å². The predicted molar refractivity (Wildman–Crippen MR) is 299 cm³/mol. The maximum absolute atomic E-state index is 10.9. The number of nitrogens with zero attached hydrogens (tertiary/aromatic N) is 3. The molecule has 328 valence electrons. The van der Waals surface area contributed by atoms with Crippen molar-refractivity contribution >= 4 is 94.2 Å². The van der Waals surface area contributed by atoms with Crippen molar-refractivity contribution in [3.05, 3.63) is 272 Å². The molecule has 11 aromatic carbocycles. The van der Waals surface area contributed by atoms with E-state index in [2.05, 4.69) is 0 Å². The minimum absolute atomic E-state index is 0.507. The molecule has 0 spiro atoms. The maximum atomic E-state index is 10.9. The summed E-state index contributed by atoms with van der Waals surface area (Å²) in [6.07, 6.45) is 0. The highest BCUT2D eigenvalue weighted by molar-refractivity contribution is 7.20. The van der Waals surface area contributed by atoms with Crippen LogP contribution in [0, 0.1) is 0 Å². The molecular weight excluding hydrogens is 863 g/mol. The van der Waals surface area contributed by atoms with Crippen molar-refractivity contribution < 1.29 is 60.3 Å². The molecule has 0 fully saturated rings. The molecule has 70 heavy (non-hydrogen) atoms. The van der Waals surface area contributed by atoms with E-state index < -0.39 is 388 Å². The smallest absolute Gasteiger partial charge is 0.179 e. The Kier molecular flexibility index (Phi) is 3.63. The van der Waals surface area contributed by atoms with Crippen LogP contribution in [-0.2, 0) is 0 Å². The molecule has 4 heteroatoms. The van der Waals surface area contributed by atoms with Crippen LogP contribution in [0.5, 0.6) is 0 Å². The van der Waals surface area contributed by atoms with Crippen LogP contribution in [0.1, 0.15) is 60.3 Å². The molecule has 0 saturated carbocycles. The van der Waals surface area contributed by atoms with Gasteiger partial charge in [-0.05, 0) is 98.8 Å². The van der Waals surface area contributed by atoms with Gasteiger partial charge in [-0.15, -0.1) is 0 Å². The molecule has 0 aliphatic heterocycles. The fourth-order valence-electron chi connectivity index (χ4n) is 8.74. The average Bonchev–Trinajstić information content (AvgIpc) is 1.34. The van der Waals surface area contributed by atoms with Gasteiger partial charge in [-0.1, -0.05) is 199 Å². The Morgan fingerprint density at radius 2 is 0.743 bits per heavy atom. The molecule has 0 amide bonds. The van der Waals surface area contributed by atoms with Crippen molar-refractivity contribution in [3.8, 4) is 28.2 Å². The fraction of sp³-hybridized carbons (Fsp3) is 0. The minimum Gasteiger partial charge on any atom is -0.309 e. The number of para-hydroxylation sites is 5. The molecule has 0 bridgehead atoms. The molecule has 0 unspecified atom stereocenters. The summed E-state index contributed by atoms with van der Waals surface area (Å²) >= 11 is 0. The first-order chi connectivity index (χ1) is 53.0. The molecule has 0 atom stereocenters. The van der Waals surface area contributed by atoms with E-state index in [4.69, 9.17) is 26.0 Å². The number of fused-ring (bicyclic) bond motifs is 9. The summed E-state index contributed by atoms with van der Waals surface area (Å²) in [5.41, 5.74) is -10.8. The van der Waals surface area contributed by atoms with Gasteiger partial charge in [-0.25, -0.2) is 0 Å². The molecule has 14 rings (SSSR count). The first kappa shape index (κ1) is 15.8. The largest absolute Gasteiger partial charge is 0.309 e. The van der Waals surface area contributed by atoms with Crippen LogP contribution < -0.4 is 20.7 Å². The highest BCUT2D eigenvalue weighted by atomic mass is 28.3. The number of benzene rings is 11. The van der Waals surface area contributed by atoms with Crippen LogP contribution in [0.3, 0.4) is 0 Å². The summed E-state index contributed by atoms with van der Waals surface area (Å²) in [5, 5.41) is -10.2. The zero-order chi connectivity index (χ0) is 84.5. The summed E-state index contributed by atoms with van der Waals surface area (Å²) in [7, 11) is -6.74. The lowest BCUT2D eigenvalue weighted by molar-refractivity contribution is 1.16. The quantitative estimate of drug-likeness (QED) is 0.106. The second-order valence-corrected chi connectivity index (χ2v) is 18.6. The van der Waals surface area contributed by atoms with Crippen LogP contribution in [0.15, 0.2) is 272 Å². The average molecular weight is 952 g/mol. The van der Waals surface area contributed by atoms with Gasteiger partial charge in [0.2, 0.25) is 0 Å². The summed E-state index contributed by atoms with van der Waals surface area (Å²) in [6.45, 7) is 0. The third-order valence-corrected chi connectivity index (χ3v) is 15.6. The molecule has 0 radical (unpaired) electrons. The maximum Gasteiger partial charge on any atom is 0.179 e. The Bertz CT molecular complexity index is 6690. The van der Waals surface area contributed by atoms with Gasteiger partial charge in [-0.2, -0.15) is 0 Å². The van der Waals surface area contributed by atoms with Gasteiger partial charge >= 0.3 is 0 Å². The second-order valence-electron chi connectivity index (χ2n) is 15.1. The van der Waals surface area contributed by atoms with E-state index in [0.29, 0.717) is 19.8 Å². The zero-order valence-electron chi connectivity index (χ0n) is 78.9. The molecule has 3 aromatic heterocycles. The van der Waals surface area contributed by atoms with Gasteiger partial charge in [-0.3, -0.25) is 0 Å². The Morgan fingerprint density at radius 1 is 0.271 bits per heavy atom. The lowest BCUT2D eigenvalue weighted by Gasteiger charge is -2.34. The Hall–Kier alpha value is -8.96. The number of rotatable bonds is 8. The van der Waals surface area contributed by atoms with E-state index in [1.165, 1.54) is 0 Å². The lowest BCUT2D eigenvalue weighted by atomic mass is 10.0. The predicted octanol–water partition coefficient (Wildman–Crippen LogP) is 14.0. The molecule has 3 nitrogen and oxygen atoms in total. The third kappa shape index (κ3) is 6.00. The Morgan fingerprint density at radius 3 is 1.40 bits per heavy atom. The summed E-state index contributed by atoms with van der Waals surface area (Å²) in [6, 6.07) is -52.4. The van der Waals surface area contributed by atoms with E-state index in [9.17, 15) is 34.3 Å². The SMILES string of the molecule is [2H]c1cc([2H])c2c(c1[2H])c1c([2H])c([2H])c([Si](c3c([2H])c([2H])c([2H])c([2H])c3[2H])(c3c([2H])c([2H])c([2H])c([2H])c3[2H])c3c([2H])c([2H])c([2H])c([2H])c3[2H])c([2H])c1n2-c1c([2H])c([2H])c([2H])c([2H])c1-c1c([2H])c([2H])c2c(c1[2H])c1c([2H])c([2H])c([2H])c([2H])c1n2-c1c([2H])c([2H])c2c(c1[2H])c1c([2H])c([2H])c([2H])c([2H])c1n2-c1c([2H])c([2H])c([2H])c([2H])c1[2H]. The first-order valence-electron chi connectivity index (χ1n) is 42.6. The van der Waals surface area contributed by atoms with Gasteiger partial charge < -0.3 is 13.7 Å². The molecular formula is C66H45N3Si. The molecule has 0 aliphatic rings. The fourth-order valence-corrected chi connectivity index (χ4v) is 12.3. The summed E-state index contributed by atoms with van der Waals surface area (Å²) in [5.74, 6) is 0. The number of aromatic nitrogens is 3. The molecule has 0 saturated heterocycles. The van der Waals surface area contributed by atoms with Crippen molar-refractivity contribution in [3.63, 3.8) is 0 Å². The van der Waals surface area contributed by atoms with Gasteiger partial charge in [0.1, 0.15) is 0 Å². The summed E-state index contributed by atoms with van der Waals surface area (Å²) in [4.78, 5) is 0. The first-order valence-corrected chi connectivity index (χ1v) is 22.6. The number of hydrogen-bond donors (Lipinski definition) is 0. The van der Waals surface area contributed by atoms with E-state index in [-0.39, 0.29) is 0 Å². The van der Waals surface area contributed by atoms with Crippen molar-refractivity contribution in [1.82, 2.24) is 13.7 Å². The lowest BCUT2D eigenvalue weighted by Crippen LogP contribution is -2.74. The highest BCUT2D eigenvalue weighted by Crippen LogP contribution is 2.41. The minimum atomic E-state index is -6.74. The van der Waals surface area contributed by atoms with Gasteiger partial charge in [0.25, 0.3) is 0 Å². The van der Waals surface area contributed by atoms with Crippen molar-refractivity contribution in [1.29, 1.82) is 0 Å². The van der Waals surface area contributed by atoms with E-state index in [1.807, 2.05) is 0 Å². The monoisotopic (exact) mass is 952 g/mol. The number of hydrogen-bond acceptors (Lipinski definition) is 0. The second kappa shape index (κ2) is 16.1. The summed E-state index contributed by atoms with van der Waals surface area (Å²) < 4.78 is 417.